The first kappa shape index (κ1) is 18.3. The number of aryl methyl sites for hydroxylation is 1. The van der Waals surface area contributed by atoms with E-state index in [1.807, 2.05) is 24.3 Å². The summed E-state index contributed by atoms with van der Waals surface area (Å²) in [5.74, 6) is 0.642. The summed E-state index contributed by atoms with van der Waals surface area (Å²) in [4.78, 5) is 27.9. The van der Waals surface area contributed by atoms with Crippen molar-refractivity contribution in [2.24, 2.45) is 5.73 Å². The Kier molecular flexibility index (Phi) is 6.20. The van der Waals surface area contributed by atoms with E-state index < -0.39 is 12.1 Å². The molecule has 2 rings (SSSR count). The van der Waals surface area contributed by atoms with Crippen molar-refractivity contribution in [1.82, 2.24) is 9.80 Å². The lowest BCUT2D eigenvalue weighted by molar-refractivity contribution is -0.144. The summed E-state index contributed by atoms with van der Waals surface area (Å²) in [5, 5.41) is 0. The van der Waals surface area contributed by atoms with Gasteiger partial charge in [-0.3, -0.25) is 9.59 Å². The molecule has 1 heterocycles. The fraction of sp³-hybridized carbons (Fsp3) is 0.556. The molecule has 0 aromatic heterocycles. The van der Waals surface area contributed by atoms with Gasteiger partial charge in [0.1, 0.15) is 5.75 Å². The molecule has 0 bridgehead atoms. The Labute approximate surface area is 143 Å². The Hall–Kier alpha value is -2.08. The maximum absolute atomic E-state index is 12.6. The molecule has 6 nitrogen and oxygen atoms in total. The van der Waals surface area contributed by atoms with Crippen molar-refractivity contribution in [2.75, 3.05) is 26.2 Å². The van der Waals surface area contributed by atoms with Gasteiger partial charge in [0, 0.05) is 26.2 Å². The fourth-order valence-electron chi connectivity index (χ4n) is 2.84. The van der Waals surface area contributed by atoms with Gasteiger partial charge in [-0.05, 0) is 31.9 Å². The molecule has 24 heavy (non-hydrogen) atoms. The highest BCUT2D eigenvalue weighted by Crippen LogP contribution is 2.20. The van der Waals surface area contributed by atoms with Gasteiger partial charge in [0.25, 0.3) is 5.91 Å². The zero-order valence-electron chi connectivity index (χ0n) is 14.7. The van der Waals surface area contributed by atoms with Crippen LogP contribution in [0.15, 0.2) is 24.3 Å². The lowest BCUT2D eigenvalue weighted by Gasteiger charge is -2.36. The van der Waals surface area contributed by atoms with Crippen LogP contribution in [0, 0.1) is 0 Å². The molecule has 1 unspecified atom stereocenters. The van der Waals surface area contributed by atoms with Gasteiger partial charge in [-0.2, -0.15) is 0 Å². The number of benzene rings is 1. The SMILES string of the molecule is CCc1ccccc1OC(C)C(=O)N1CCN(C(=O)[C@@H](C)N)CC1. The Morgan fingerprint density at radius 1 is 1.08 bits per heavy atom. The molecule has 6 heteroatoms. The number of ether oxygens (including phenoxy) is 1. The molecule has 1 aliphatic rings. The van der Waals surface area contributed by atoms with E-state index in [1.165, 1.54) is 0 Å². The molecule has 1 saturated heterocycles. The first-order valence-electron chi connectivity index (χ1n) is 8.51. The molecule has 132 valence electrons. The molecule has 1 fully saturated rings. The summed E-state index contributed by atoms with van der Waals surface area (Å²) in [5.41, 5.74) is 6.72. The molecular weight excluding hydrogens is 306 g/mol. The lowest BCUT2D eigenvalue weighted by Crippen LogP contribution is -2.55. The lowest BCUT2D eigenvalue weighted by atomic mass is 10.1. The zero-order chi connectivity index (χ0) is 17.7. The zero-order valence-corrected chi connectivity index (χ0v) is 14.7. The summed E-state index contributed by atoms with van der Waals surface area (Å²) in [6.07, 6.45) is 0.308. The Morgan fingerprint density at radius 3 is 2.17 bits per heavy atom. The van der Waals surface area contributed by atoms with Crippen LogP contribution in [-0.4, -0.2) is 59.9 Å². The molecule has 0 saturated carbocycles. The Balaban J connectivity index is 1.91. The molecular formula is C18H27N3O3. The van der Waals surface area contributed by atoms with Crippen LogP contribution < -0.4 is 10.5 Å². The van der Waals surface area contributed by atoms with Crippen molar-refractivity contribution >= 4 is 11.8 Å². The summed E-state index contributed by atoms with van der Waals surface area (Å²) in [6.45, 7) is 7.58. The number of amides is 2. The van der Waals surface area contributed by atoms with Crippen molar-refractivity contribution in [3.8, 4) is 5.75 Å². The number of para-hydroxylation sites is 1. The third-order valence-corrected chi connectivity index (χ3v) is 4.30. The van der Waals surface area contributed by atoms with Gasteiger partial charge in [-0.15, -0.1) is 0 Å². The van der Waals surface area contributed by atoms with Crippen LogP contribution in [0.25, 0.3) is 0 Å². The van der Waals surface area contributed by atoms with Gasteiger partial charge in [0.15, 0.2) is 6.10 Å². The summed E-state index contributed by atoms with van der Waals surface area (Å²) < 4.78 is 5.87. The molecule has 1 aromatic carbocycles. The van der Waals surface area contributed by atoms with Crippen molar-refractivity contribution in [3.05, 3.63) is 29.8 Å². The molecule has 0 aliphatic carbocycles. The first-order chi connectivity index (χ1) is 11.4. The molecule has 2 N–H and O–H groups in total. The Bertz CT molecular complexity index is 581. The van der Waals surface area contributed by atoms with E-state index in [4.69, 9.17) is 10.5 Å². The standard InChI is InChI=1S/C18H27N3O3/c1-4-15-7-5-6-8-16(15)24-14(3)18(23)21-11-9-20(10-12-21)17(22)13(2)19/h5-8,13-14H,4,9-12,19H2,1-3H3/t13-,14?/m1/s1. The van der Waals surface area contributed by atoms with Crippen LogP contribution in [0.1, 0.15) is 26.3 Å². The molecule has 1 aliphatic heterocycles. The number of carbonyl (C=O) groups excluding carboxylic acids is 2. The van der Waals surface area contributed by atoms with Crippen LogP contribution in [0.2, 0.25) is 0 Å². The van der Waals surface area contributed by atoms with Gasteiger partial charge >= 0.3 is 0 Å². The minimum atomic E-state index is -0.548. The number of hydrogen-bond acceptors (Lipinski definition) is 4. The van der Waals surface area contributed by atoms with Crippen LogP contribution >= 0.6 is 0 Å². The normalized spacial score (nSPS) is 17.3. The van der Waals surface area contributed by atoms with Gasteiger partial charge in [-0.1, -0.05) is 25.1 Å². The number of nitrogens with zero attached hydrogens (tertiary/aromatic N) is 2. The maximum atomic E-state index is 12.6. The highest BCUT2D eigenvalue weighted by atomic mass is 16.5. The predicted molar refractivity (Wildman–Crippen MR) is 92.7 cm³/mol. The minimum Gasteiger partial charge on any atom is -0.481 e. The molecule has 0 spiro atoms. The molecule has 1 aromatic rings. The first-order valence-corrected chi connectivity index (χ1v) is 8.51. The van der Waals surface area contributed by atoms with Crippen molar-refractivity contribution in [2.45, 2.75) is 39.3 Å². The van der Waals surface area contributed by atoms with E-state index >= 15 is 0 Å². The van der Waals surface area contributed by atoms with E-state index in [0.29, 0.717) is 26.2 Å². The quantitative estimate of drug-likeness (QED) is 0.873. The van der Waals surface area contributed by atoms with Crippen molar-refractivity contribution in [1.29, 1.82) is 0 Å². The van der Waals surface area contributed by atoms with Crippen LogP contribution in [0.3, 0.4) is 0 Å². The van der Waals surface area contributed by atoms with E-state index in [0.717, 1.165) is 17.7 Å². The number of hydrogen-bond donors (Lipinski definition) is 1. The topological polar surface area (TPSA) is 75.9 Å². The summed E-state index contributed by atoms with van der Waals surface area (Å²) in [6, 6.07) is 7.27. The van der Waals surface area contributed by atoms with Crippen molar-refractivity contribution in [3.63, 3.8) is 0 Å². The van der Waals surface area contributed by atoms with Gasteiger partial charge < -0.3 is 20.3 Å². The highest BCUT2D eigenvalue weighted by Gasteiger charge is 2.28. The van der Waals surface area contributed by atoms with Crippen LogP contribution in [0.5, 0.6) is 5.75 Å². The van der Waals surface area contributed by atoms with E-state index in [1.54, 1.807) is 23.6 Å². The third kappa shape index (κ3) is 4.26. The maximum Gasteiger partial charge on any atom is 0.263 e. The predicted octanol–water partition coefficient (Wildman–Crippen LogP) is 1.03. The van der Waals surface area contributed by atoms with Crippen molar-refractivity contribution < 1.29 is 14.3 Å². The summed E-state index contributed by atoms with van der Waals surface area (Å²) in [7, 11) is 0. The van der Waals surface area contributed by atoms with E-state index in [-0.39, 0.29) is 11.8 Å². The largest absolute Gasteiger partial charge is 0.481 e. The number of piperazine rings is 1. The average molecular weight is 333 g/mol. The average Bonchev–Trinajstić information content (AvgIpc) is 2.60. The third-order valence-electron chi connectivity index (χ3n) is 4.30. The van der Waals surface area contributed by atoms with Gasteiger partial charge in [0.2, 0.25) is 5.91 Å². The second-order valence-corrected chi connectivity index (χ2v) is 6.16. The molecule has 0 radical (unpaired) electrons. The smallest absolute Gasteiger partial charge is 0.263 e. The number of nitrogens with two attached hydrogens (primary N) is 1. The number of rotatable bonds is 5. The number of carbonyl (C=O) groups is 2. The second kappa shape index (κ2) is 8.15. The molecule has 2 atom stereocenters. The highest BCUT2D eigenvalue weighted by molar-refractivity contribution is 5.83. The second-order valence-electron chi connectivity index (χ2n) is 6.16. The van der Waals surface area contributed by atoms with Gasteiger partial charge in [-0.25, -0.2) is 0 Å². The van der Waals surface area contributed by atoms with Crippen LogP contribution in [0.4, 0.5) is 0 Å². The Morgan fingerprint density at radius 2 is 1.62 bits per heavy atom. The van der Waals surface area contributed by atoms with Gasteiger partial charge in [0.05, 0.1) is 6.04 Å². The fourth-order valence-corrected chi connectivity index (χ4v) is 2.84. The minimum absolute atomic E-state index is 0.0474. The summed E-state index contributed by atoms with van der Waals surface area (Å²) >= 11 is 0. The van der Waals surface area contributed by atoms with E-state index in [9.17, 15) is 9.59 Å². The van der Waals surface area contributed by atoms with Crippen LogP contribution in [-0.2, 0) is 16.0 Å². The monoisotopic (exact) mass is 333 g/mol. The molecule has 2 amide bonds. The van der Waals surface area contributed by atoms with E-state index in [2.05, 4.69) is 6.92 Å².